The molecule has 76 valence electrons. The van der Waals surface area contributed by atoms with E-state index in [4.69, 9.17) is 5.84 Å². The molecule has 0 aromatic heterocycles. The molecule has 1 aliphatic carbocycles. The van der Waals surface area contributed by atoms with E-state index >= 15 is 0 Å². The molecular weight excluding hydrogens is 160 g/mol. The summed E-state index contributed by atoms with van der Waals surface area (Å²) in [6.07, 6.45) is 3.51. The van der Waals surface area contributed by atoms with Crippen molar-refractivity contribution in [2.75, 3.05) is 0 Å². The highest BCUT2D eigenvalue weighted by Crippen LogP contribution is 2.54. The summed E-state index contributed by atoms with van der Waals surface area (Å²) in [6, 6.07) is 0.478. The number of hydrogen-bond donors (Lipinski definition) is 2. The minimum Gasteiger partial charge on any atom is -0.271 e. The molecule has 2 unspecified atom stereocenters. The first-order valence-electron chi connectivity index (χ1n) is 5.08. The lowest BCUT2D eigenvalue weighted by Gasteiger charge is -2.17. The Bertz CT molecular complexity index is 196. The molecule has 0 amide bonds. The van der Waals surface area contributed by atoms with Crippen molar-refractivity contribution in [1.29, 1.82) is 0 Å². The van der Waals surface area contributed by atoms with Crippen molar-refractivity contribution < 1.29 is 0 Å². The molecule has 0 aromatic carbocycles. The van der Waals surface area contributed by atoms with Crippen molar-refractivity contribution in [2.24, 2.45) is 17.2 Å². The Morgan fingerprint density at radius 2 is 2.23 bits per heavy atom. The summed E-state index contributed by atoms with van der Waals surface area (Å²) in [7, 11) is 0. The molecule has 2 heteroatoms. The van der Waals surface area contributed by atoms with Gasteiger partial charge in [-0.1, -0.05) is 19.4 Å². The zero-order chi connectivity index (χ0) is 10.1. The van der Waals surface area contributed by atoms with E-state index in [1.54, 1.807) is 0 Å². The van der Waals surface area contributed by atoms with Crippen molar-refractivity contribution in [2.45, 2.75) is 46.1 Å². The van der Waals surface area contributed by atoms with Crippen LogP contribution in [0.4, 0.5) is 0 Å². The molecule has 0 heterocycles. The van der Waals surface area contributed by atoms with Crippen LogP contribution in [-0.4, -0.2) is 6.04 Å². The van der Waals surface area contributed by atoms with Crippen LogP contribution in [0, 0.1) is 11.3 Å². The minimum atomic E-state index is 0.478. The minimum absolute atomic E-state index is 0.478. The highest BCUT2D eigenvalue weighted by Gasteiger charge is 2.49. The zero-order valence-electron chi connectivity index (χ0n) is 9.06. The van der Waals surface area contributed by atoms with Crippen molar-refractivity contribution >= 4 is 0 Å². The lowest BCUT2D eigenvalue weighted by molar-refractivity contribution is 0.390. The van der Waals surface area contributed by atoms with E-state index in [0.29, 0.717) is 11.5 Å². The van der Waals surface area contributed by atoms with Crippen LogP contribution in [-0.2, 0) is 0 Å². The fourth-order valence-electron chi connectivity index (χ4n) is 2.00. The Morgan fingerprint density at radius 3 is 2.54 bits per heavy atom. The molecule has 1 aliphatic rings. The second-order valence-corrected chi connectivity index (χ2v) is 5.07. The van der Waals surface area contributed by atoms with Crippen LogP contribution in [0.2, 0.25) is 0 Å². The summed E-state index contributed by atoms with van der Waals surface area (Å²) in [4.78, 5) is 0. The molecular formula is C11H22N2. The summed E-state index contributed by atoms with van der Waals surface area (Å²) in [5.74, 6) is 6.30. The van der Waals surface area contributed by atoms with E-state index in [2.05, 4.69) is 32.8 Å². The van der Waals surface area contributed by atoms with Gasteiger partial charge in [-0.2, -0.15) is 0 Å². The molecule has 1 fully saturated rings. The van der Waals surface area contributed by atoms with Crippen LogP contribution in [0.3, 0.4) is 0 Å². The molecule has 0 aliphatic heterocycles. The molecule has 0 bridgehead atoms. The van der Waals surface area contributed by atoms with Crippen LogP contribution >= 0.6 is 0 Å². The molecule has 13 heavy (non-hydrogen) atoms. The van der Waals surface area contributed by atoms with Gasteiger partial charge in [0.2, 0.25) is 0 Å². The summed E-state index contributed by atoms with van der Waals surface area (Å²) in [5, 5.41) is 0. The van der Waals surface area contributed by atoms with Gasteiger partial charge in [0, 0.05) is 6.04 Å². The third kappa shape index (κ3) is 2.82. The topological polar surface area (TPSA) is 38.0 Å². The number of rotatable bonds is 5. The van der Waals surface area contributed by atoms with Gasteiger partial charge >= 0.3 is 0 Å². The monoisotopic (exact) mass is 182 g/mol. The largest absolute Gasteiger partial charge is 0.271 e. The molecule has 2 atom stereocenters. The van der Waals surface area contributed by atoms with E-state index in [-0.39, 0.29) is 0 Å². The highest BCUT2D eigenvalue weighted by molar-refractivity contribution is 5.02. The van der Waals surface area contributed by atoms with Gasteiger partial charge in [0.1, 0.15) is 0 Å². The first kappa shape index (κ1) is 10.7. The van der Waals surface area contributed by atoms with E-state index in [0.717, 1.165) is 18.8 Å². The van der Waals surface area contributed by atoms with Crippen molar-refractivity contribution in [3.8, 4) is 0 Å². The molecule has 1 rings (SSSR count). The summed E-state index contributed by atoms with van der Waals surface area (Å²) < 4.78 is 0. The predicted molar refractivity (Wildman–Crippen MR) is 57.0 cm³/mol. The Morgan fingerprint density at radius 1 is 1.69 bits per heavy atom. The third-order valence-corrected chi connectivity index (χ3v) is 3.17. The average molecular weight is 182 g/mol. The van der Waals surface area contributed by atoms with Crippen molar-refractivity contribution in [3.05, 3.63) is 12.2 Å². The van der Waals surface area contributed by atoms with Crippen LogP contribution in [0.15, 0.2) is 12.2 Å². The second kappa shape index (κ2) is 3.81. The van der Waals surface area contributed by atoms with E-state index in [9.17, 15) is 0 Å². The Kier molecular flexibility index (Phi) is 3.14. The zero-order valence-corrected chi connectivity index (χ0v) is 9.06. The van der Waals surface area contributed by atoms with Crippen molar-refractivity contribution in [3.63, 3.8) is 0 Å². The van der Waals surface area contributed by atoms with Crippen LogP contribution in [0.25, 0.3) is 0 Å². The highest BCUT2D eigenvalue weighted by atomic mass is 15.2. The molecule has 1 saturated carbocycles. The Hall–Kier alpha value is -0.340. The van der Waals surface area contributed by atoms with Gasteiger partial charge in [-0.25, -0.2) is 0 Å². The van der Waals surface area contributed by atoms with E-state index < -0.39 is 0 Å². The quantitative estimate of drug-likeness (QED) is 0.389. The lowest BCUT2D eigenvalue weighted by atomic mass is 9.99. The van der Waals surface area contributed by atoms with Gasteiger partial charge in [-0.15, -0.1) is 6.58 Å². The molecule has 0 radical (unpaired) electrons. The van der Waals surface area contributed by atoms with Crippen LogP contribution in [0.1, 0.15) is 40.0 Å². The second-order valence-electron chi connectivity index (χ2n) is 5.07. The normalized spacial score (nSPS) is 26.9. The number of nitrogens with one attached hydrogen (secondary N) is 1. The first-order chi connectivity index (χ1) is 5.97. The fraction of sp³-hybridized carbons (Fsp3) is 0.818. The molecule has 0 saturated heterocycles. The van der Waals surface area contributed by atoms with E-state index in [1.165, 1.54) is 12.0 Å². The molecule has 0 spiro atoms. The number of hydrazine groups is 1. The van der Waals surface area contributed by atoms with Crippen molar-refractivity contribution in [1.82, 2.24) is 5.43 Å². The van der Waals surface area contributed by atoms with Gasteiger partial charge in [0.05, 0.1) is 0 Å². The van der Waals surface area contributed by atoms with Gasteiger partial charge in [0.25, 0.3) is 0 Å². The molecule has 2 nitrogen and oxygen atoms in total. The molecule has 0 aromatic rings. The van der Waals surface area contributed by atoms with Crippen LogP contribution in [0.5, 0.6) is 0 Å². The first-order valence-corrected chi connectivity index (χ1v) is 5.08. The summed E-state index contributed by atoms with van der Waals surface area (Å²) in [6.45, 7) is 10.6. The smallest absolute Gasteiger partial charge is 0.0247 e. The lowest BCUT2D eigenvalue weighted by Crippen LogP contribution is -2.37. The maximum absolute atomic E-state index is 5.54. The van der Waals surface area contributed by atoms with Gasteiger partial charge in [-0.3, -0.25) is 11.3 Å². The van der Waals surface area contributed by atoms with Crippen LogP contribution < -0.4 is 11.3 Å². The standard InChI is InChI=1S/C11H22N2/c1-8(2)5-6-10(13-12)9-7-11(9,3)4/h9-10,13H,1,5-7,12H2,2-4H3. The predicted octanol–water partition coefficient (Wildman–Crippen LogP) is 2.22. The van der Waals surface area contributed by atoms with E-state index in [1.807, 2.05) is 0 Å². The average Bonchev–Trinajstić information content (AvgIpc) is 2.61. The number of allylic oxidation sites excluding steroid dienone is 1. The summed E-state index contributed by atoms with van der Waals surface area (Å²) in [5.41, 5.74) is 4.69. The van der Waals surface area contributed by atoms with Gasteiger partial charge < -0.3 is 0 Å². The Labute approximate surface area is 81.6 Å². The van der Waals surface area contributed by atoms with Gasteiger partial charge in [-0.05, 0) is 37.5 Å². The maximum atomic E-state index is 5.54. The van der Waals surface area contributed by atoms with Gasteiger partial charge in [0.15, 0.2) is 0 Å². The summed E-state index contributed by atoms with van der Waals surface area (Å²) >= 11 is 0. The third-order valence-electron chi connectivity index (χ3n) is 3.17. The fourth-order valence-corrected chi connectivity index (χ4v) is 2.00. The Balaban J connectivity index is 2.33. The SMILES string of the molecule is C=C(C)CCC(NN)C1CC1(C)C. The molecule has 3 N–H and O–H groups in total. The maximum Gasteiger partial charge on any atom is 0.0247 e. The number of hydrogen-bond acceptors (Lipinski definition) is 2. The number of nitrogens with two attached hydrogens (primary N) is 1.